The van der Waals surface area contributed by atoms with Crippen LogP contribution in [0.5, 0.6) is 0 Å². The molecule has 0 saturated heterocycles. The van der Waals surface area contributed by atoms with Gasteiger partial charge in [0.05, 0.1) is 11.1 Å². The van der Waals surface area contributed by atoms with Crippen molar-refractivity contribution in [3.05, 3.63) is 56.5 Å². The first-order chi connectivity index (χ1) is 11.5. The van der Waals surface area contributed by atoms with E-state index in [0.717, 1.165) is 29.7 Å². The summed E-state index contributed by atoms with van der Waals surface area (Å²) in [6.45, 7) is 1.92. The number of alkyl halides is 1. The highest BCUT2D eigenvalue weighted by molar-refractivity contribution is 6.21. The number of hydrogen-bond donors (Lipinski definition) is 1. The number of carbonyl (C=O) groups excluding carboxylic acids is 1. The molecule has 1 N–H and O–H groups in total. The number of nitrogens with one attached hydrogen (secondary N) is 1. The summed E-state index contributed by atoms with van der Waals surface area (Å²) < 4.78 is 1.41. The average Bonchev–Trinajstić information content (AvgIpc) is 3.46. The summed E-state index contributed by atoms with van der Waals surface area (Å²) >= 11 is 6.48. The van der Waals surface area contributed by atoms with Crippen LogP contribution in [-0.2, 0) is 7.05 Å². The van der Waals surface area contributed by atoms with Crippen LogP contribution in [0.4, 0.5) is 0 Å². The monoisotopic (exact) mass is 344 g/mol. The smallest absolute Gasteiger partial charge is 0.277 e. The molecule has 0 aliphatic heterocycles. The van der Waals surface area contributed by atoms with E-state index in [2.05, 4.69) is 5.10 Å². The predicted octanol–water partition coefficient (Wildman–Crippen LogP) is 3.82. The third kappa shape index (κ3) is 2.63. The Morgan fingerprint density at radius 3 is 2.58 bits per heavy atom. The van der Waals surface area contributed by atoms with Crippen molar-refractivity contribution in [3.63, 3.8) is 0 Å². The minimum absolute atomic E-state index is 0.0232. The maximum Gasteiger partial charge on any atom is 0.277 e. The minimum atomic E-state index is -0.237. The molecule has 2 fully saturated rings. The molecule has 2 aliphatic rings. The van der Waals surface area contributed by atoms with E-state index >= 15 is 0 Å². The van der Waals surface area contributed by atoms with Gasteiger partial charge in [-0.05, 0) is 49.7 Å². The zero-order valence-corrected chi connectivity index (χ0v) is 14.7. The highest BCUT2D eigenvalue weighted by atomic mass is 35.5. The minimum Gasteiger partial charge on any atom is -0.299 e. The molecular formula is C19H21ClN2O2. The number of halogens is 1. The first kappa shape index (κ1) is 15.7. The Balaban J connectivity index is 1.71. The Hall–Kier alpha value is -1.81. The summed E-state index contributed by atoms with van der Waals surface area (Å²) in [6, 6.07) is 5.76. The van der Waals surface area contributed by atoms with Crippen LogP contribution >= 0.6 is 11.6 Å². The van der Waals surface area contributed by atoms with Crippen molar-refractivity contribution in [2.75, 3.05) is 0 Å². The van der Waals surface area contributed by atoms with Gasteiger partial charge in [0.25, 0.3) is 5.56 Å². The van der Waals surface area contributed by atoms with Crippen molar-refractivity contribution in [1.82, 2.24) is 9.78 Å². The second kappa shape index (κ2) is 5.62. The van der Waals surface area contributed by atoms with Gasteiger partial charge >= 0.3 is 0 Å². The lowest BCUT2D eigenvalue weighted by atomic mass is 9.95. The summed E-state index contributed by atoms with van der Waals surface area (Å²) in [4.78, 5) is 25.4. The highest BCUT2D eigenvalue weighted by Gasteiger charge is 2.34. The number of benzene rings is 1. The third-order valence-electron chi connectivity index (χ3n) is 5.14. The zero-order chi connectivity index (χ0) is 17.0. The van der Waals surface area contributed by atoms with Crippen LogP contribution in [0.2, 0.25) is 0 Å². The molecule has 4 rings (SSSR count). The van der Waals surface area contributed by atoms with Gasteiger partial charge in [-0.25, -0.2) is 0 Å². The van der Waals surface area contributed by atoms with Crippen molar-refractivity contribution >= 4 is 17.4 Å². The largest absolute Gasteiger partial charge is 0.299 e. The molecule has 1 heterocycles. The molecule has 1 aromatic carbocycles. The van der Waals surface area contributed by atoms with E-state index in [-0.39, 0.29) is 16.7 Å². The van der Waals surface area contributed by atoms with E-state index in [1.807, 2.05) is 25.1 Å². The molecule has 0 spiro atoms. The fourth-order valence-electron chi connectivity index (χ4n) is 3.37. The van der Waals surface area contributed by atoms with Gasteiger partial charge in [0.1, 0.15) is 5.56 Å². The van der Waals surface area contributed by atoms with E-state index in [0.29, 0.717) is 23.0 Å². The van der Waals surface area contributed by atoms with Crippen LogP contribution in [0.1, 0.15) is 69.7 Å². The molecule has 2 aliphatic carbocycles. The average molecular weight is 345 g/mol. The van der Waals surface area contributed by atoms with Crippen LogP contribution < -0.4 is 5.56 Å². The number of carbonyl (C=O) groups is 1. The SMILES string of the molecule is Cc1cc(C(Cl)C2CC2)ccc1C(=O)c1c(C2CC2)[nH]n(C)c1=O. The molecule has 0 radical (unpaired) electrons. The summed E-state index contributed by atoms with van der Waals surface area (Å²) in [5, 5.41) is 3.08. The zero-order valence-electron chi connectivity index (χ0n) is 13.9. The molecule has 2 saturated carbocycles. The number of aryl methyl sites for hydroxylation is 2. The number of aromatic amines is 1. The van der Waals surface area contributed by atoms with E-state index in [1.165, 1.54) is 17.5 Å². The van der Waals surface area contributed by atoms with Gasteiger partial charge < -0.3 is 0 Å². The molecule has 126 valence electrons. The standard InChI is InChI=1S/C19H21ClN2O2/c1-10-9-13(16(20)11-3-4-11)7-8-14(10)18(23)15-17(12-5-6-12)21-22(2)19(15)24/h7-9,11-12,16,21H,3-6H2,1-2H3. The summed E-state index contributed by atoms with van der Waals surface area (Å²) in [5.41, 5.74) is 3.41. The van der Waals surface area contributed by atoms with Gasteiger partial charge in [-0.15, -0.1) is 11.6 Å². The topological polar surface area (TPSA) is 54.9 Å². The van der Waals surface area contributed by atoms with E-state index in [9.17, 15) is 9.59 Å². The number of aromatic nitrogens is 2. The van der Waals surface area contributed by atoms with Crippen LogP contribution in [-0.4, -0.2) is 15.6 Å². The summed E-state index contributed by atoms with van der Waals surface area (Å²) in [7, 11) is 1.66. The number of rotatable bonds is 5. The van der Waals surface area contributed by atoms with E-state index < -0.39 is 0 Å². The van der Waals surface area contributed by atoms with Crippen LogP contribution in [0.3, 0.4) is 0 Å². The molecule has 1 unspecified atom stereocenters. The molecule has 24 heavy (non-hydrogen) atoms. The highest BCUT2D eigenvalue weighted by Crippen LogP contribution is 2.45. The number of nitrogens with zero attached hydrogens (tertiary/aromatic N) is 1. The van der Waals surface area contributed by atoms with Gasteiger partial charge in [0, 0.05) is 18.5 Å². The van der Waals surface area contributed by atoms with Crippen molar-refractivity contribution in [3.8, 4) is 0 Å². The lowest BCUT2D eigenvalue weighted by Gasteiger charge is -2.12. The van der Waals surface area contributed by atoms with Gasteiger partial charge in [0.2, 0.25) is 5.78 Å². The lowest BCUT2D eigenvalue weighted by molar-refractivity contribution is 0.103. The second-order valence-electron chi connectivity index (χ2n) is 7.18. The van der Waals surface area contributed by atoms with Crippen molar-refractivity contribution in [2.24, 2.45) is 13.0 Å². The maximum atomic E-state index is 13.0. The second-order valence-corrected chi connectivity index (χ2v) is 7.65. The summed E-state index contributed by atoms with van der Waals surface area (Å²) in [6.07, 6.45) is 4.43. The molecule has 1 aromatic heterocycles. The normalized spacial score (nSPS) is 18.6. The molecular weight excluding hydrogens is 324 g/mol. The van der Waals surface area contributed by atoms with Gasteiger partial charge in [-0.3, -0.25) is 19.4 Å². The van der Waals surface area contributed by atoms with E-state index in [1.54, 1.807) is 7.05 Å². The van der Waals surface area contributed by atoms with Crippen molar-refractivity contribution in [1.29, 1.82) is 0 Å². The van der Waals surface area contributed by atoms with Crippen LogP contribution in [0.15, 0.2) is 23.0 Å². The van der Waals surface area contributed by atoms with Gasteiger partial charge in [-0.2, -0.15) is 0 Å². The molecule has 4 nitrogen and oxygen atoms in total. The summed E-state index contributed by atoms with van der Waals surface area (Å²) in [5.74, 6) is 0.700. The Labute approximate surface area is 145 Å². The fraction of sp³-hybridized carbons (Fsp3) is 0.474. The quantitative estimate of drug-likeness (QED) is 0.662. The van der Waals surface area contributed by atoms with Gasteiger partial charge in [0.15, 0.2) is 0 Å². The lowest BCUT2D eigenvalue weighted by Crippen LogP contribution is -2.20. The van der Waals surface area contributed by atoms with Crippen molar-refractivity contribution < 1.29 is 4.79 Å². The van der Waals surface area contributed by atoms with Crippen molar-refractivity contribution in [2.45, 2.75) is 43.9 Å². The first-order valence-electron chi connectivity index (χ1n) is 8.55. The van der Waals surface area contributed by atoms with Crippen LogP contribution in [0.25, 0.3) is 0 Å². The number of hydrogen-bond acceptors (Lipinski definition) is 2. The molecule has 2 aromatic rings. The molecule has 5 heteroatoms. The van der Waals surface area contributed by atoms with Gasteiger partial charge in [-0.1, -0.05) is 18.2 Å². The molecule has 0 amide bonds. The predicted molar refractivity (Wildman–Crippen MR) is 93.9 cm³/mol. The maximum absolute atomic E-state index is 13.0. The Morgan fingerprint density at radius 1 is 1.29 bits per heavy atom. The van der Waals surface area contributed by atoms with Crippen LogP contribution in [0, 0.1) is 12.8 Å². The molecule has 1 atom stereocenters. The molecule has 0 bridgehead atoms. The number of ketones is 1. The Bertz CT molecular complexity index is 872. The fourth-order valence-corrected chi connectivity index (χ4v) is 3.75. The van der Waals surface area contributed by atoms with E-state index in [4.69, 9.17) is 11.6 Å². The first-order valence-corrected chi connectivity index (χ1v) is 8.99. The Kier molecular flexibility index (Phi) is 3.68. The Morgan fingerprint density at radius 2 is 2.00 bits per heavy atom. The number of H-pyrrole nitrogens is 1. The third-order valence-corrected chi connectivity index (χ3v) is 5.75.